The molecular formula is C16H15NO3S. The molecule has 0 fully saturated rings. The van der Waals surface area contributed by atoms with Crippen molar-refractivity contribution >= 4 is 17.3 Å². The normalized spacial score (nSPS) is 11.7. The molecule has 2 aromatic rings. The summed E-state index contributed by atoms with van der Waals surface area (Å²) in [6.45, 7) is 3.97. The number of hydrogen-bond donors (Lipinski definition) is 1. The van der Waals surface area contributed by atoms with Crippen molar-refractivity contribution in [2.24, 2.45) is 0 Å². The third kappa shape index (κ3) is 3.41. The van der Waals surface area contributed by atoms with E-state index < -0.39 is 5.97 Å². The molecular weight excluding hydrogens is 286 g/mol. The van der Waals surface area contributed by atoms with Crippen molar-refractivity contribution < 1.29 is 14.6 Å². The van der Waals surface area contributed by atoms with Crippen molar-refractivity contribution in [2.45, 2.75) is 26.4 Å². The minimum atomic E-state index is -0.941. The lowest BCUT2D eigenvalue weighted by Crippen LogP contribution is -2.10. The van der Waals surface area contributed by atoms with Crippen LogP contribution < -0.4 is 4.74 Å². The highest BCUT2D eigenvalue weighted by Crippen LogP contribution is 2.32. The minimum absolute atomic E-state index is 0.0447. The molecule has 2 rings (SSSR count). The summed E-state index contributed by atoms with van der Waals surface area (Å²) in [6, 6.07) is 10.8. The second kappa shape index (κ2) is 6.42. The van der Waals surface area contributed by atoms with Gasteiger partial charge in [-0.15, -0.1) is 11.3 Å². The molecule has 1 unspecified atom stereocenters. The molecule has 1 aromatic heterocycles. The summed E-state index contributed by atoms with van der Waals surface area (Å²) >= 11 is 1.19. The van der Waals surface area contributed by atoms with Gasteiger partial charge in [-0.25, -0.2) is 4.79 Å². The summed E-state index contributed by atoms with van der Waals surface area (Å²) in [5.41, 5.74) is 1.28. The van der Waals surface area contributed by atoms with Gasteiger partial charge in [-0.1, -0.05) is 6.92 Å². The number of aromatic carboxylic acids is 1. The molecule has 0 spiro atoms. The molecule has 0 saturated carbocycles. The lowest BCUT2D eigenvalue weighted by molar-refractivity contribution is 0.0702. The van der Waals surface area contributed by atoms with Crippen LogP contribution in [0.25, 0.3) is 10.4 Å². The van der Waals surface area contributed by atoms with Gasteiger partial charge in [0.15, 0.2) is 0 Å². The van der Waals surface area contributed by atoms with Gasteiger partial charge in [-0.3, -0.25) is 0 Å². The highest BCUT2D eigenvalue weighted by atomic mass is 32.1. The average Bonchev–Trinajstić information content (AvgIpc) is 2.97. The van der Waals surface area contributed by atoms with Gasteiger partial charge in [-0.2, -0.15) is 5.26 Å². The summed E-state index contributed by atoms with van der Waals surface area (Å²) < 4.78 is 5.71. The van der Waals surface area contributed by atoms with E-state index in [1.54, 1.807) is 24.3 Å². The predicted octanol–water partition coefficient (Wildman–Crippen LogP) is 4.16. The fraction of sp³-hybridized carbons (Fsp3) is 0.250. The van der Waals surface area contributed by atoms with Gasteiger partial charge in [0, 0.05) is 4.88 Å². The number of benzene rings is 1. The van der Waals surface area contributed by atoms with E-state index in [0.29, 0.717) is 11.3 Å². The molecule has 0 radical (unpaired) electrons. The van der Waals surface area contributed by atoms with Crippen LogP contribution in [-0.2, 0) is 0 Å². The Morgan fingerprint density at radius 1 is 1.43 bits per heavy atom. The Morgan fingerprint density at radius 3 is 2.76 bits per heavy atom. The zero-order chi connectivity index (χ0) is 15.4. The molecule has 108 valence electrons. The van der Waals surface area contributed by atoms with E-state index in [4.69, 9.17) is 9.84 Å². The number of hydrogen-bond acceptors (Lipinski definition) is 4. The molecule has 0 bridgehead atoms. The Hall–Kier alpha value is -2.32. The zero-order valence-corrected chi connectivity index (χ0v) is 12.6. The van der Waals surface area contributed by atoms with Gasteiger partial charge in [0.2, 0.25) is 0 Å². The molecule has 1 N–H and O–H groups in total. The van der Waals surface area contributed by atoms with Crippen LogP contribution in [0.4, 0.5) is 0 Å². The number of nitriles is 1. The predicted molar refractivity (Wildman–Crippen MR) is 81.8 cm³/mol. The Labute approximate surface area is 127 Å². The average molecular weight is 301 g/mol. The summed E-state index contributed by atoms with van der Waals surface area (Å²) in [4.78, 5) is 12.0. The summed E-state index contributed by atoms with van der Waals surface area (Å²) in [6.07, 6.45) is 0.905. The molecule has 5 heteroatoms. The first kappa shape index (κ1) is 15.1. The third-order valence-corrected chi connectivity index (χ3v) is 4.23. The number of rotatable bonds is 5. The molecule has 0 aliphatic rings. The van der Waals surface area contributed by atoms with Crippen LogP contribution >= 0.6 is 11.3 Å². The Morgan fingerprint density at radius 2 is 2.19 bits per heavy atom. The molecule has 1 heterocycles. The SMILES string of the molecule is CCC(C)Oc1ccc(-c2ccc(C(=O)O)s2)cc1C#N. The fourth-order valence-corrected chi connectivity index (χ4v) is 2.62. The highest BCUT2D eigenvalue weighted by Gasteiger charge is 2.12. The van der Waals surface area contributed by atoms with Gasteiger partial charge < -0.3 is 9.84 Å². The van der Waals surface area contributed by atoms with E-state index in [1.165, 1.54) is 11.3 Å². The van der Waals surface area contributed by atoms with Gasteiger partial charge >= 0.3 is 5.97 Å². The van der Waals surface area contributed by atoms with Gasteiger partial charge in [-0.05, 0) is 49.2 Å². The largest absolute Gasteiger partial charge is 0.489 e. The first-order valence-corrected chi connectivity index (χ1v) is 7.41. The van der Waals surface area contributed by atoms with Gasteiger partial charge in [0.1, 0.15) is 16.7 Å². The van der Waals surface area contributed by atoms with Crippen LogP contribution in [0.1, 0.15) is 35.5 Å². The first-order chi connectivity index (χ1) is 10.0. The first-order valence-electron chi connectivity index (χ1n) is 6.59. The second-order valence-electron chi connectivity index (χ2n) is 4.63. The molecule has 0 aliphatic heterocycles. The fourth-order valence-electron chi connectivity index (χ4n) is 1.78. The summed E-state index contributed by atoms with van der Waals surface area (Å²) in [7, 11) is 0. The topological polar surface area (TPSA) is 70.3 Å². The molecule has 0 amide bonds. The molecule has 0 aliphatic carbocycles. The van der Waals surface area contributed by atoms with Crippen molar-refractivity contribution in [2.75, 3.05) is 0 Å². The smallest absolute Gasteiger partial charge is 0.345 e. The Bertz CT molecular complexity index is 700. The second-order valence-corrected chi connectivity index (χ2v) is 5.71. The van der Waals surface area contributed by atoms with E-state index in [9.17, 15) is 10.1 Å². The van der Waals surface area contributed by atoms with Crippen molar-refractivity contribution in [3.8, 4) is 22.3 Å². The van der Waals surface area contributed by atoms with Crippen LogP contribution in [0.3, 0.4) is 0 Å². The molecule has 1 aromatic carbocycles. The van der Waals surface area contributed by atoms with E-state index in [0.717, 1.165) is 16.9 Å². The number of ether oxygens (including phenoxy) is 1. The highest BCUT2D eigenvalue weighted by molar-refractivity contribution is 7.17. The van der Waals surface area contributed by atoms with Crippen LogP contribution in [0.5, 0.6) is 5.75 Å². The minimum Gasteiger partial charge on any atom is -0.489 e. The maximum absolute atomic E-state index is 10.9. The van der Waals surface area contributed by atoms with Crippen molar-refractivity contribution in [1.29, 1.82) is 5.26 Å². The third-order valence-electron chi connectivity index (χ3n) is 3.10. The van der Waals surface area contributed by atoms with E-state index >= 15 is 0 Å². The Kier molecular flexibility index (Phi) is 4.61. The zero-order valence-electron chi connectivity index (χ0n) is 11.8. The Balaban J connectivity index is 2.34. The number of carboxylic acids is 1. The summed E-state index contributed by atoms with van der Waals surface area (Å²) in [5.74, 6) is -0.380. The summed E-state index contributed by atoms with van der Waals surface area (Å²) in [5, 5.41) is 18.2. The van der Waals surface area contributed by atoms with Crippen LogP contribution in [-0.4, -0.2) is 17.2 Å². The van der Waals surface area contributed by atoms with E-state index in [1.807, 2.05) is 19.9 Å². The van der Waals surface area contributed by atoms with Gasteiger partial charge in [0.25, 0.3) is 0 Å². The maximum atomic E-state index is 10.9. The lowest BCUT2D eigenvalue weighted by Gasteiger charge is -2.14. The van der Waals surface area contributed by atoms with Crippen molar-refractivity contribution in [3.63, 3.8) is 0 Å². The number of nitrogens with zero attached hydrogens (tertiary/aromatic N) is 1. The molecule has 1 atom stereocenters. The quantitative estimate of drug-likeness (QED) is 0.900. The molecule has 0 saturated heterocycles. The van der Waals surface area contributed by atoms with Gasteiger partial charge in [0.05, 0.1) is 11.7 Å². The number of carbonyl (C=O) groups is 1. The van der Waals surface area contributed by atoms with Crippen LogP contribution in [0.2, 0.25) is 0 Å². The van der Waals surface area contributed by atoms with Crippen molar-refractivity contribution in [3.05, 3.63) is 40.8 Å². The van der Waals surface area contributed by atoms with E-state index in [2.05, 4.69) is 6.07 Å². The van der Waals surface area contributed by atoms with E-state index in [-0.39, 0.29) is 11.0 Å². The standard InChI is InChI=1S/C16H15NO3S/c1-3-10(2)20-13-5-4-11(8-12(13)9-17)14-6-7-15(21-14)16(18)19/h4-8,10H,3H2,1-2H3,(H,18,19). The number of thiophene rings is 1. The van der Waals surface area contributed by atoms with Crippen LogP contribution in [0, 0.1) is 11.3 Å². The van der Waals surface area contributed by atoms with Crippen LogP contribution in [0.15, 0.2) is 30.3 Å². The number of carboxylic acid groups (broad SMARTS) is 1. The lowest BCUT2D eigenvalue weighted by atomic mass is 10.1. The molecule has 4 nitrogen and oxygen atoms in total. The maximum Gasteiger partial charge on any atom is 0.345 e. The molecule has 21 heavy (non-hydrogen) atoms. The van der Waals surface area contributed by atoms with Crippen molar-refractivity contribution in [1.82, 2.24) is 0 Å². The monoisotopic (exact) mass is 301 g/mol.